The Bertz CT molecular complexity index is 125. The van der Waals surface area contributed by atoms with Gasteiger partial charge in [-0.3, -0.25) is 0 Å². The van der Waals surface area contributed by atoms with Gasteiger partial charge in [-0.15, -0.1) is 0 Å². The minimum Gasteiger partial charge on any atom is -0.382 e. The normalized spacial score (nSPS) is 11.2. The third-order valence-electron chi connectivity index (χ3n) is 2.47. The van der Waals surface area contributed by atoms with E-state index in [0.717, 1.165) is 6.61 Å². The molecule has 5 heteroatoms. The average molecular weight is 537 g/mol. The van der Waals surface area contributed by atoms with Gasteiger partial charge in [-0.05, 0) is 34.6 Å². The Labute approximate surface area is 177 Å². The molecule has 0 N–H and O–H groups in total. The predicted molar refractivity (Wildman–Crippen MR) is 101 cm³/mol. The van der Waals surface area contributed by atoms with Gasteiger partial charge in [0.1, 0.15) is 0 Å². The van der Waals surface area contributed by atoms with Gasteiger partial charge in [-0.2, -0.15) is 0 Å². The molecule has 0 atom stereocenters. The van der Waals surface area contributed by atoms with Gasteiger partial charge in [-0.1, -0.05) is 45.3 Å². The third kappa shape index (κ3) is 69.9. The largest absolute Gasteiger partial charge is 0.382 e. The SMILES string of the molecule is C1CCCCC1.CCOC(C)C.COC(C)C.[B]C.[CH3-].[CH3-].[V].[W]. The fourth-order valence-corrected chi connectivity index (χ4v) is 1.39. The summed E-state index contributed by atoms with van der Waals surface area (Å²) in [5.74, 6) is 0. The molecule has 23 heavy (non-hydrogen) atoms. The van der Waals surface area contributed by atoms with E-state index >= 15 is 0 Å². The van der Waals surface area contributed by atoms with Gasteiger partial charge < -0.3 is 24.3 Å². The van der Waals surface area contributed by atoms with Crippen molar-refractivity contribution in [3.63, 3.8) is 0 Å². The number of rotatable bonds is 3. The summed E-state index contributed by atoms with van der Waals surface area (Å²) in [5, 5.41) is 0. The average Bonchev–Trinajstić information content (AvgIpc) is 2.44. The molecule has 1 saturated carbocycles. The summed E-state index contributed by atoms with van der Waals surface area (Å²) in [6, 6.07) is 0. The first-order valence-corrected chi connectivity index (χ1v) is 7.76. The van der Waals surface area contributed by atoms with Crippen molar-refractivity contribution < 1.29 is 49.1 Å². The number of hydrogen-bond donors (Lipinski definition) is 0. The maximum atomic E-state index is 5.04. The van der Waals surface area contributed by atoms with Crippen molar-refractivity contribution >= 4 is 7.85 Å². The molecule has 0 bridgehead atoms. The second-order valence-corrected chi connectivity index (χ2v) is 4.91. The van der Waals surface area contributed by atoms with Crippen molar-refractivity contribution in [2.24, 2.45) is 0 Å². The van der Waals surface area contributed by atoms with Crippen LogP contribution in [0.4, 0.5) is 0 Å². The fourth-order valence-electron chi connectivity index (χ4n) is 1.39. The van der Waals surface area contributed by atoms with E-state index in [4.69, 9.17) is 9.47 Å². The smallest absolute Gasteiger partial charge is 0.0606 e. The topological polar surface area (TPSA) is 18.5 Å². The van der Waals surface area contributed by atoms with E-state index in [9.17, 15) is 0 Å². The molecule has 1 fully saturated rings. The molecule has 3 radical (unpaired) electrons. The van der Waals surface area contributed by atoms with Crippen LogP contribution >= 0.6 is 0 Å². The molecule has 0 aliphatic heterocycles. The van der Waals surface area contributed by atoms with Crippen LogP contribution < -0.4 is 0 Å². The van der Waals surface area contributed by atoms with Crippen LogP contribution in [0, 0.1) is 14.9 Å². The van der Waals surface area contributed by atoms with E-state index in [1.54, 1.807) is 7.11 Å². The molecular formula is C18H43BO2VW-2. The Morgan fingerprint density at radius 3 is 1.04 bits per heavy atom. The van der Waals surface area contributed by atoms with Gasteiger partial charge >= 0.3 is 0 Å². The number of ether oxygens (including phenoxy) is 2. The summed E-state index contributed by atoms with van der Waals surface area (Å²) >= 11 is 0. The maximum absolute atomic E-state index is 5.04. The van der Waals surface area contributed by atoms with E-state index in [1.807, 2.05) is 34.6 Å². The first-order chi connectivity index (χ1) is 9.04. The Morgan fingerprint density at radius 2 is 1.00 bits per heavy atom. The molecule has 0 saturated heterocycles. The summed E-state index contributed by atoms with van der Waals surface area (Å²) in [6.45, 7) is 12.4. The summed E-state index contributed by atoms with van der Waals surface area (Å²) in [5.41, 5.74) is 0. The molecule has 0 aromatic carbocycles. The minimum absolute atomic E-state index is 0. The molecule has 1 aliphatic carbocycles. The molecular weight excluding hydrogens is 494 g/mol. The Hall–Kier alpha value is 1.26. The van der Waals surface area contributed by atoms with Crippen LogP contribution in [0.25, 0.3) is 0 Å². The summed E-state index contributed by atoms with van der Waals surface area (Å²) < 4.78 is 9.79. The van der Waals surface area contributed by atoms with Crippen LogP contribution in [-0.2, 0) is 49.1 Å². The zero-order chi connectivity index (χ0) is 15.5. The van der Waals surface area contributed by atoms with Gasteiger partial charge in [0.25, 0.3) is 0 Å². The standard InChI is InChI=1S/C6H12.C5H12O.C4H10O.CH3B.2CH3.V.W/c1-2-4-6-5-3-1;1-4-6-5(2)3;1-4(2)5-3;1-2;;;;/h1-6H2;5H,4H2,1-3H3;4H,1-3H3;1H3;2*1H3;;/q;;;;2*-1;;. The molecule has 1 aliphatic rings. The van der Waals surface area contributed by atoms with E-state index < -0.39 is 0 Å². The maximum Gasteiger partial charge on any atom is 0.0606 e. The second-order valence-electron chi connectivity index (χ2n) is 4.91. The van der Waals surface area contributed by atoms with E-state index in [-0.39, 0.29) is 54.5 Å². The zero-order valence-electron chi connectivity index (χ0n) is 17.4. The van der Waals surface area contributed by atoms with Crippen LogP contribution in [0.3, 0.4) is 0 Å². The van der Waals surface area contributed by atoms with Crippen LogP contribution in [0.15, 0.2) is 0 Å². The predicted octanol–water partition coefficient (Wildman–Crippen LogP) is 5.91. The van der Waals surface area contributed by atoms with E-state index in [2.05, 4.69) is 7.85 Å². The molecule has 0 heterocycles. The fraction of sp³-hybridized carbons (Fsp3) is 0.889. The zero-order valence-corrected chi connectivity index (χ0v) is 21.7. The summed E-state index contributed by atoms with van der Waals surface area (Å²) in [7, 11) is 6.20. The molecule has 2 nitrogen and oxygen atoms in total. The Balaban J connectivity index is -0.0000000293. The summed E-state index contributed by atoms with van der Waals surface area (Å²) in [4.78, 5) is 0. The van der Waals surface area contributed by atoms with Crippen LogP contribution in [0.2, 0.25) is 6.82 Å². The van der Waals surface area contributed by atoms with Gasteiger partial charge in [-0.25, -0.2) is 0 Å². The molecule has 0 spiro atoms. The van der Waals surface area contributed by atoms with Crippen LogP contribution in [0.5, 0.6) is 0 Å². The van der Waals surface area contributed by atoms with Gasteiger partial charge in [0.15, 0.2) is 0 Å². The number of hydrogen-bond acceptors (Lipinski definition) is 2. The molecule has 0 aromatic rings. The Kier molecular flexibility index (Phi) is 83.5. The van der Waals surface area contributed by atoms with E-state index in [0.29, 0.717) is 12.2 Å². The second kappa shape index (κ2) is 43.6. The minimum atomic E-state index is 0. The van der Waals surface area contributed by atoms with Crippen molar-refractivity contribution in [1.82, 2.24) is 0 Å². The van der Waals surface area contributed by atoms with Crippen molar-refractivity contribution in [2.75, 3.05) is 13.7 Å². The van der Waals surface area contributed by atoms with Crippen molar-refractivity contribution in [2.45, 2.75) is 92.2 Å². The first-order valence-electron chi connectivity index (χ1n) is 7.76. The molecule has 0 aromatic heterocycles. The van der Waals surface area contributed by atoms with Crippen molar-refractivity contribution in [3.05, 3.63) is 14.9 Å². The Morgan fingerprint density at radius 1 is 0.783 bits per heavy atom. The van der Waals surface area contributed by atoms with Crippen molar-refractivity contribution in [3.8, 4) is 0 Å². The van der Waals surface area contributed by atoms with Gasteiger partial charge in [0, 0.05) is 53.3 Å². The quantitative estimate of drug-likeness (QED) is 0.330. The van der Waals surface area contributed by atoms with Gasteiger partial charge in [0.05, 0.1) is 20.1 Å². The van der Waals surface area contributed by atoms with Gasteiger partial charge in [0.2, 0.25) is 0 Å². The molecule has 1 rings (SSSR count). The van der Waals surface area contributed by atoms with Crippen LogP contribution in [-0.4, -0.2) is 33.8 Å². The number of methoxy groups -OCH3 is 1. The first kappa shape index (κ1) is 44.1. The summed E-state index contributed by atoms with van der Waals surface area (Å²) in [6.07, 6.45) is 9.78. The van der Waals surface area contributed by atoms with Crippen molar-refractivity contribution in [1.29, 1.82) is 0 Å². The molecule has 143 valence electrons. The van der Waals surface area contributed by atoms with E-state index in [1.165, 1.54) is 45.3 Å². The van der Waals surface area contributed by atoms with Crippen LogP contribution in [0.1, 0.15) is 73.1 Å². The monoisotopic (exact) mass is 537 g/mol. The molecule has 0 amide bonds. The third-order valence-corrected chi connectivity index (χ3v) is 2.47. The molecule has 0 unspecified atom stereocenters.